The van der Waals surface area contributed by atoms with Crippen molar-refractivity contribution in [3.63, 3.8) is 0 Å². The van der Waals surface area contributed by atoms with Gasteiger partial charge < -0.3 is 4.55 Å². The van der Waals surface area contributed by atoms with Crippen LogP contribution in [0.25, 0.3) is 6.08 Å². The maximum Gasteiger partial charge on any atom is 0.249 e. The van der Waals surface area contributed by atoms with Crippen LogP contribution in [0, 0.1) is 0 Å². The molecule has 1 heterocycles. The third-order valence-electron chi connectivity index (χ3n) is 2.20. The second-order valence-electron chi connectivity index (χ2n) is 3.40. The summed E-state index contributed by atoms with van der Waals surface area (Å²) >= 11 is 10.7. The van der Waals surface area contributed by atoms with Crippen LogP contribution in [0.1, 0.15) is 5.56 Å². The summed E-state index contributed by atoms with van der Waals surface area (Å²) in [4.78, 5) is 4.02. The van der Waals surface area contributed by atoms with Crippen LogP contribution in [-0.2, 0) is 11.2 Å². The minimum Gasteiger partial charge on any atom is -0.606 e. The molecule has 0 aliphatic rings. The lowest BCUT2D eigenvalue weighted by molar-refractivity contribution is 0.600. The molecule has 0 amide bonds. The Bertz CT molecular complexity index is 540. The molecule has 0 radical (unpaired) electrons. The Morgan fingerprint density at radius 1 is 1.06 bits per heavy atom. The lowest BCUT2D eigenvalue weighted by Crippen LogP contribution is -1.98. The van der Waals surface area contributed by atoms with Crippen LogP contribution in [0.15, 0.2) is 53.0 Å². The van der Waals surface area contributed by atoms with E-state index in [0.717, 1.165) is 0 Å². The summed E-state index contributed by atoms with van der Waals surface area (Å²) in [6, 6.07) is 10.5. The number of nitrogens with zero attached hydrogens (tertiary/aromatic N) is 1. The highest BCUT2D eigenvalue weighted by Gasteiger charge is 2.09. The van der Waals surface area contributed by atoms with E-state index in [1.165, 1.54) is 5.41 Å². The normalized spacial score (nSPS) is 12.8. The highest BCUT2D eigenvalue weighted by atomic mass is 35.5. The molecule has 0 saturated heterocycles. The lowest BCUT2D eigenvalue weighted by atomic mass is 10.2. The monoisotopic (exact) mass is 297 g/mol. The zero-order valence-electron chi connectivity index (χ0n) is 9.22. The van der Waals surface area contributed by atoms with Crippen LogP contribution in [-0.4, -0.2) is 9.54 Å². The van der Waals surface area contributed by atoms with Gasteiger partial charge in [-0.2, -0.15) is 0 Å². The van der Waals surface area contributed by atoms with E-state index in [1.807, 2.05) is 0 Å². The fourth-order valence-corrected chi connectivity index (χ4v) is 2.64. The minimum absolute atomic E-state index is 0.497. The van der Waals surface area contributed by atoms with Crippen LogP contribution in [0.2, 0.25) is 10.0 Å². The maximum absolute atomic E-state index is 11.9. The predicted octanol–water partition coefficient (Wildman–Crippen LogP) is 4.17. The molecule has 1 aromatic heterocycles. The lowest BCUT2D eigenvalue weighted by Gasteiger charge is -2.04. The maximum atomic E-state index is 11.9. The molecule has 2 aromatic rings. The van der Waals surface area contributed by atoms with E-state index in [4.69, 9.17) is 23.2 Å². The van der Waals surface area contributed by atoms with Crippen molar-refractivity contribution in [2.24, 2.45) is 0 Å². The smallest absolute Gasteiger partial charge is 0.249 e. The van der Waals surface area contributed by atoms with Gasteiger partial charge in [-0.15, -0.1) is 0 Å². The third-order valence-corrected chi connectivity index (χ3v) is 3.90. The van der Waals surface area contributed by atoms with E-state index in [0.29, 0.717) is 20.6 Å². The van der Waals surface area contributed by atoms with Crippen molar-refractivity contribution in [2.75, 3.05) is 0 Å². The molecule has 0 saturated carbocycles. The van der Waals surface area contributed by atoms with Gasteiger partial charge in [-0.1, -0.05) is 35.3 Å². The minimum atomic E-state index is -1.31. The van der Waals surface area contributed by atoms with E-state index in [-0.39, 0.29) is 0 Å². The molecule has 0 aliphatic carbocycles. The van der Waals surface area contributed by atoms with Crippen molar-refractivity contribution in [3.05, 3.63) is 63.6 Å². The van der Waals surface area contributed by atoms with Crippen LogP contribution >= 0.6 is 23.2 Å². The highest BCUT2D eigenvalue weighted by molar-refractivity contribution is 7.94. The van der Waals surface area contributed by atoms with E-state index < -0.39 is 11.2 Å². The average Bonchev–Trinajstić information content (AvgIpc) is 2.39. The zero-order chi connectivity index (χ0) is 13.0. The van der Waals surface area contributed by atoms with E-state index in [9.17, 15) is 4.55 Å². The molecule has 1 aromatic carbocycles. The van der Waals surface area contributed by atoms with Gasteiger partial charge in [0.05, 0.1) is 0 Å². The molecule has 2 rings (SSSR count). The van der Waals surface area contributed by atoms with Crippen molar-refractivity contribution >= 4 is 40.5 Å². The summed E-state index contributed by atoms with van der Waals surface area (Å²) in [6.07, 6.45) is 3.25. The quantitative estimate of drug-likeness (QED) is 0.797. The molecular weight excluding hydrogens is 289 g/mol. The Labute approximate surface area is 118 Å². The van der Waals surface area contributed by atoms with Crippen LogP contribution in [0.4, 0.5) is 0 Å². The van der Waals surface area contributed by atoms with Gasteiger partial charge in [0.15, 0.2) is 0 Å². The first-order valence-corrected chi connectivity index (χ1v) is 7.09. The van der Waals surface area contributed by atoms with E-state index in [1.54, 1.807) is 48.7 Å². The summed E-state index contributed by atoms with van der Waals surface area (Å²) in [5, 5.41) is 3.07. The van der Waals surface area contributed by atoms with Gasteiger partial charge in [-0.25, -0.2) is 4.98 Å². The number of hydrogen-bond donors (Lipinski definition) is 0. The molecule has 0 spiro atoms. The van der Waals surface area contributed by atoms with E-state index in [2.05, 4.69) is 4.98 Å². The van der Waals surface area contributed by atoms with Gasteiger partial charge in [0.1, 0.15) is 5.41 Å². The molecule has 1 atom stereocenters. The molecule has 92 valence electrons. The van der Waals surface area contributed by atoms with Crippen LogP contribution in [0.3, 0.4) is 0 Å². The average molecular weight is 298 g/mol. The first-order chi connectivity index (χ1) is 8.68. The SMILES string of the molecule is [O-][S+](/C=C/c1c(Cl)cccc1Cl)c1ccccn1. The Hall–Kier alpha value is -1.00. The molecule has 0 fully saturated rings. The van der Waals surface area contributed by atoms with Crippen LogP contribution < -0.4 is 0 Å². The van der Waals surface area contributed by atoms with Crippen molar-refractivity contribution in [2.45, 2.75) is 5.03 Å². The Balaban J connectivity index is 2.21. The van der Waals surface area contributed by atoms with Crippen molar-refractivity contribution in [1.29, 1.82) is 0 Å². The van der Waals surface area contributed by atoms with Gasteiger partial charge in [-0.05, 0) is 24.3 Å². The molecule has 0 N–H and O–H groups in total. The summed E-state index contributed by atoms with van der Waals surface area (Å²) in [5.74, 6) is 0. The Morgan fingerprint density at radius 2 is 1.78 bits per heavy atom. The van der Waals surface area contributed by atoms with Gasteiger partial charge in [-0.3, -0.25) is 0 Å². The van der Waals surface area contributed by atoms with Gasteiger partial charge in [0.2, 0.25) is 5.03 Å². The van der Waals surface area contributed by atoms with Crippen molar-refractivity contribution in [1.82, 2.24) is 4.98 Å². The second-order valence-corrected chi connectivity index (χ2v) is 5.50. The summed E-state index contributed by atoms with van der Waals surface area (Å²) in [5.41, 5.74) is 0.658. The fourth-order valence-electron chi connectivity index (χ4n) is 1.34. The zero-order valence-corrected chi connectivity index (χ0v) is 11.5. The number of hydrogen-bond acceptors (Lipinski definition) is 2. The standard InChI is InChI=1S/C13H9Cl2NOS/c14-11-4-3-5-12(15)10(11)7-9-18(17)13-6-1-2-8-16-13/h1-9H/b9-7+. The molecular formula is C13H9Cl2NOS. The fraction of sp³-hybridized carbons (Fsp3) is 0. The first kappa shape index (κ1) is 13.4. The largest absolute Gasteiger partial charge is 0.606 e. The van der Waals surface area contributed by atoms with Crippen molar-refractivity contribution in [3.8, 4) is 0 Å². The Morgan fingerprint density at radius 3 is 2.39 bits per heavy atom. The number of pyridine rings is 1. The summed E-state index contributed by atoms with van der Waals surface area (Å²) < 4.78 is 11.9. The number of halogens is 2. The Kier molecular flexibility index (Phi) is 4.66. The molecule has 5 heteroatoms. The van der Waals surface area contributed by atoms with Crippen molar-refractivity contribution < 1.29 is 4.55 Å². The molecule has 2 nitrogen and oxygen atoms in total. The molecule has 0 aliphatic heterocycles. The number of rotatable bonds is 3. The predicted molar refractivity (Wildman–Crippen MR) is 76.1 cm³/mol. The topological polar surface area (TPSA) is 36.0 Å². The van der Waals surface area contributed by atoms with Gasteiger partial charge in [0, 0.05) is 39.0 Å². The first-order valence-electron chi connectivity index (χ1n) is 5.12. The van der Waals surface area contributed by atoms with E-state index >= 15 is 0 Å². The summed E-state index contributed by atoms with van der Waals surface area (Å²) in [7, 11) is 0. The van der Waals surface area contributed by atoms with Crippen LogP contribution in [0.5, 0.6) is 0 Å². The number of benzene rings is 1. The van der Waals surface area contributed by atoms with Gasteiger partial charge >= 0.3 is 0 Å². The molecule has 18 heavy (non-hydrogen) atoms. The van der Waals surface area contributed by atoms with Gasteiger partial charge in [0.25, 0.3) is 0 Å². The highest BCUT2D eigenvalue weighted by Crippen LogP contribution is 2.26. The molecule has 1 unspecified atom stereocenters. The number of aromatic nitrogens is 1. The summed E-state index contributed by atoms with van der Waals surface area (Å²) in [6.45, 7) is 0. The molecule has 0 bridgehead atoms. The second kappa shape index (κ2) is 6.25. The third kappa shape index (κ3) is 3.27.